The van der Waals surface area contributed by atoms with E-state index in [0.717, 1.165) is 16.6 Å². The lowest BCUT2D eigenvalue weighted by atomic mass is 10.2. The van der Waals surface area contributed by atoms with Gasteiger partial charge in [-0.2, -0.15) is 0 Å². The van der Waals surface area contributed by atoms with Crippen molar-refractivity contribution in [3.8, 4) is 0 Å². The molecule has 1 atom stereocenters. The van der Waals surface area contributed by atoms with Gasteiger partial charge in [0.1, 0.15) is 0 Å². The number of hydrogen-bond acceptors (Lipinski definition) is 2. The zero-order chi connectivity index (χ0) is 11.4. The molecule has 0 radical (unpaired) electrons. The Balaban J connectivity index is 2.23. The number of thioether (sulfide) groups is 1. The Morgan fingerprint density at radius 3 is 2.88 bits per heavy atom. The van der Waals surface area contributed by atoms with Crippen molar-refractivity contribution in [3.63, 3.8) is 0 Å². The molecule has 84 valence electrons. The molecule has 0 saturated carbocycles. The van der Waals surface area contributed by atoms with Gasteiger partial charge in [-0.3, -0.25) is 4.98 Å². The van der Waals surface area contributed by atoms with Crippen LogP contribution in [0.4, 0.5) is 0 Å². The van der Waals surface area contributed by atoms with Crippen molar-refractivity contribution in [1.82, 2.24) is 4.98 Å². The molecule has 16 heavy (non-hydrogen) atoms. The summed E-state index contributed by atoms with van der Waals surface area (Å²) in [4.78, 5) is 6.19. The summed E-state index contributed by atoms with van der Waals surface area (Å²) in [6.45, 7) is 0. The number of rotatable bonds is 4. The topological polar surface area (TPSA) is 12.9 Å². The normalized spacial score (nSPS) is 12.9. The van der Waals surface area contributed by atoms with Crippen LogP contribution in [0, 0.1) is 0 Å². The Morgan fingerprint density at radius 1 is 1.25 bits per heavy atom. The molecule has 1 unspecified atom stereocenters. The molecule has 0 spiro atoms. The van der Waals surface area contributed by atoms with E-state index in [1.807, 2.05) is 24.0 Å². The molecule has 0 amide bonds. The van der Waals surface area contributed by atoms with Crippen LogP contribution in [0.25, 0.3) is 10.9 Å². The SMILES string of the molecule is BrCC(Br)CSc1cccc2cccnc12. The second-order valence-electron chi connectivity index (χ2n) is 3.39. The smallest absolute Gasteiger partial charge is 0.0837 e. The van der Waals surface area contributed by atoms with E-state index in [1.165, 1.54) is 10.3 Å². The number of aromatic nitrogens is 1. The molecular formula is C12H11Br2NS. The maximum Gasteiger partial charge on any atom is 0.0837 e. The van der Waals surface area contributed by atoms with Crippen molar-refractivity contribution in [2.24, 2.45) is 0 Å². The van der Waals surface area contributed by atoms with E-state index < -0.39 is 0 Å². The second-order valence-corrected chi connectivity index (χ2v) is 6.40. The highest BCUT2D eigenvalue weighted by Gasteiger charge is 2.06. The van der Waals surface area contributed by atoms with E-state index in [0.29, 0.717) is 4.83 Å². The highest BCUT2D eigenvalue weighted by molar-refractivity contribution is 9.12. The Hall–Kier alpha value is -0.0600. The number of benzene rings is 1. The number of alkyl halides is 2. The zero-order valence-electron chi connectivity index (χ0n) is 8.57. The molecule has 0 aliphatic rings. The Morgan fingerprint density at radius 2 is 2.06 bits per heavy atom. The van der Waals surface area contributed by atoms with Crippen LogP contribution in [0.5, 0.6) is 0 Å². The number of pyridine rings is 1. The van der Waals surface area contributed by atoms with E-state index >= 15 is 0 Å². The lowest BCUT2D eigenvalue weighted by Crippen LogP contribution is -2.02. The summed E-state index contributed by atoms with van der Waals surface area (Å²) in [5, 5.41) is 2.18. The fourth-order valence-corrected chi connectivity index (χ4v) is 3.31. The van der Waals surface area contributed by atoms with Crippen LogP contribution < -0.4 is 0 Å². The lowest BCUT2D eigenvalue weighted by Gasteiger charge is -2.07. The van der Waals surface area contributed by atoms with E-state index in [-0.39, 0.29) is 0 Å². The zero-order valence-corrected chi connectivity index (χ0v) is 12.6. The summed E-state index contributed by atoms with van der Waals surface area (Å²) >= 11 is 8.92. The largest absolute Gasteiger partial charge is 0.255 e. The van der Waals surface area contributed by atoms with Crippen LogP contribution in [-0.4, -0.2) is 20.9 Å². The molecular weight excluding hydrogens is 350 g/mol. The number of fused-ring (bicyclic) bond motifs is 1. The van der Waals surface area contributed by atoms with Crippen LogP contribution in [-0.2, 0) is 0 Å². The first-order valence-electron chi connectivity index (χ1n) is 4.98. The summed E-state index contributed by atoms with van der Waals surface area (Å²) in [5.74, 6) is 1.04. The molecule has 0 aliphatic carbocycles. The van der Waals surface area contributed by atoms with Crippen LogP contribution in [0.15, 0.2) is 41.4 Å². The molecule has 0 saturated heterocycles. The monoisotopic (exact) mass is 359 g/mol. The average Bonchev–Trinajstić information content (AvgIpc) is 2.35. The molecule has 1 aromatic heterocycles. The number of halogens is 2. The first-order chi connectivity index (χ1) is 7.81. The third kappa shape index (κ3) is 2.99. The van der Waals surface area contributed by atoms with Crippen LogP contribution in [0.2, 0.25) is 0 Å². The molecule has 2 rings (SSSR count). The van der Waals surface area contributed by atoms with Gasteiger partial charge >= 0.3 is 0 Å². The fraction of sp³-hybridized carbons (Fsp3) is 0.250. The minimum atomic E-state index is 0.497. The van der Waals surface area contributed by atoms with Gasteiger partial charge in [0.25, 0.3) is 0 Å². The van der Waals surface area contributed by atoms with E-state index in [4.69, 9.17) is 0 Å². The van der Waals surface area contributed by atoms with Gasteiger partial charge in [-0.15, -0.1) is 11.8 Å². The third-order valence-corrected chi connectivity index (χ3v) is 6.12. The molecule has 2 aromatic rings. The van der Waals surface area contributed by atoms with E-state index in [2.05, 4.69) is 61.1 Å². The summed E-state index contributed by atoms with van der Waals surface area (Å²) in [7, 11) is 0. The Kier molecular flexibility index (Phi) is 4.67. The van der Waals surface area contributed by atoms with Crippen LogP contribution >= 0.6 is 43.6 Å². The van der Waals surface area contributed by atoms with Crippen molar-refractivity contribution in [3.05, 3.63) is 36.5 Å². The van der Waals surface area contributed by atoms with Crippen molar-refractivity contribution in [1.29, 1.82) is 0 Å². The minimum Gasteiger partial charge on any atom is -0.255 e. The predicted molar refractivity (Wildman–Crippen MR) is 79.0 cm³/mol. The van der Waals surface area contributed by atoms with Crippen LogP contribution in [0.1, 0.15) is 0 Å². The molecule has 1 nitrogen and oxygen atoms in total. The maximum absolute atomic E-state index is 4.44. The van der Waals surface area contributed by atoms with Crippen LogP contribution in [0.3, 0.4) is 0 Å². The van der Waals surface area contributed by atoms with Gasteiger partial charge in [-0.05, 0) is 12.1 Å². The average molecular weight is 361 g/mol. The molecule has 0 bridgehead atoms. The number of para-hydroxylation sites is 1. The lowest BCUT2D eigenvalue weighted by molar-refractivity contribution is 1.18. The number of nitrogens with zero attached hydrogens (tertiary/aromatic N) is 1. The maximum atomic E-state index is 4.44. The van der Waals surface area contributed by atoms with Crippen molar-refractivity contribution < 1.29 is 0 Å². The molecule has 0 N–H and O–H groups in total. The summed E-state index contributed by atoms with van der Waals surface area (Å²) < 4.78 is 0. The Bertz CT molecular complexity index is 470. The standard InChI is InChI=1S/C12H11Br2NS/c13-7-10(14)8-16-11-5-1-3-9-4-2-6-15-12(9)11/h1-6,10H,7-8H2. The molecule has 1 aromatic carbocycles. The van der Waals surface area contributed by atoms with Gasteiger partial charge in [0.15, 0.2) is 0 Å². The fourth-order valence-electron chi connectivity index (χ4n) is 1.42. The highest BCUT2D eigenvalue weighted by Crippen LogP contribution is 2.27. The first kappa shape index (κ1) is 12.4. The molecule has 4 heteroatoms. The molecule has 1 heterocycles. The second kappa shape index (κ2) is 6.03. The van der Waals surface area contributed by atoms with Gasteiger partial charge in [0.05, 0.1) is 5.52 Å². The van der Waals surface area contributed by atoms with Crippen molar-refractivity contribution in [2.75, 3.05) is 11.1 Å². The van der Waals surface area contributed by atoms with Gasteiger partial charge in [0.2, 0.25) is 0 Å². The van der Waals surface area contributed by atoms with E-state index in [1.54, 1.807) is 0 Å². The molecule has 0 fully saturated rings. The minimum absolute atomic E-state index is 0.497. The summed E-state index contributed by atoms with van der Waals surface area (Å²) in [5.41, 5.74) is 1.10. The summed E-state index contributed by atoms with van der Waals surface area (Å²) in [6, 6.07) is 10.4. The quantitative estimate of drug-likeness (QED) is 0.588. The predicted octanol–water partition coefficient (Wildman–Crippen LogP) is 4.49. The van der Waals surface area contributed by atoms with Gasteiger partial charge < -0.3 is 0 Å². The highest BCUT2D eigenvalue weighted by atomic mass is 79.9. The van der Waals surface area contributed by atoms with Gasteiger partial charge in [-0.25, -0.2) is 0 Å². The van der Waals surface area contributed by atoms with Crippen molar-refractivity contribution >= 4 is 54.5 Å². The van der Waals surface area contributed by atoms with Crippen molar-refractivity contribution in [2.45, 2.75) is 9.72 Å². The summed E-state index contributed by atoms with van der Waals surface area (Å²) in [6.07, 6.45) is 1.85. The number of hydrogen-bond donors (Lipinski definition) is 0. The van der Waals surface area contributed by atoms with Gasteiger partial charge in [-0.1, -0.05) is 50.1 Å². The molecule has 0 aliphatic heterocycles. The van der Waals surface area contributed by atoms with E-state index in [9.17, 15) is 0 Å². The first-order valence-corrected chi connectivity index (χ1v) is 8.00. The van der Waals surface area contributed by atoms with Gasteiger partial charge in [0, 0.05) is 32.4 Å². The third-order valence-electron chi connectivity index (χ3n) is 2.18. The Labute approximate surface area is 116 Å².